The number of non-ortho nitro benzene ring substituents is 1. The lowest BCUT2D eigenvalue weighted by molar-refractivity contribution is -0.384. The van der Waals surface area contributed by atoms with Gasteiger partial charge < -0.3 is 9.72 Å². The van der Waals surface area contributed by atoms with Crippen LogP contribution in [0.15, 0.2) is 30.0 Å². The third kappa shape index (κ3) is 2.90. The summed E-state index contributed by atoms with van der Waals surface area (Å²) < 4.78 is 4.77. The molecule has 1 N–H and O–H groups in total. The van der Waals surface area contributed by atoms with Crippen molar-refractivity contribution in [2.75, 3.05) is 6.61 Å². The SMILES string of the molecule is CCOC(=O)/C(C#N)=C/c1c[nH]c2ccc([N+](=O)[O-])cc12. The molecular weight excluding hydrogens is 274 g/mol. The van der Waals surface area contributed by atoms with Crippen LogP contribution in [0.4, 0.5) is 5.69 Å². The predicted molar refractivity (Wildman–Crippen MR) is 75.2 cm³/mol. The standard InChI is InChI=1S/C14H11N3O4/c1-2-21-14(18)9(7-15)5-10-8-16-13-4-3-11(17(19)20)6-12(10)13/h3-6,8,16H,2H2,1H3/b9-5+. The lowest BCUT2D eigenvalue weighted by atomic mass is 10.1. The van der Waals surface area contributed by atoms with Crippen molar-refractivity contribution in [3.8, 4) is 6.07 Å². The van der Waals surface area contributed by atoms with E-state index in [0.29, 0.717) is 16.5 Å². The Morgan fingerprint density at radius 1 is 1.57 bits per heavy atom. The number of nitro benzene ring substituents is 1. The fourth-order valence-electron chi connectivity index (χ4n) is 1.86. The monoisotopic (exact) mass is 285 g/mol. The number of benzene rings is 1. The van der Waals surface area contributed by atoms with E-state index in [4.69, 9.17) is 10.00 Å². The van der Waals surface area contributed by atoms with Gasteiger partial charge in [-0.25, -0.2) is 4.79 Å². The third-order valence-electron chi connectivity index (χ3n) is 2.82. The maximum Gasteiger partial charge on any atom is 0.348 e. The summed E-state index contributed by atoms with van der Waals surface area (Å²) >= 11 is 0. The first-order valence-electron chi connectivity index (χ1n) is 6.11. The second kappa shape index (κ2) is 5.88. The average Bonchev–Trinajstić information content (AvgIpc) is 2.87. The van der Waals surface area contributed by atoms with Crippen LogP contribution in [-0.2, 0) is 9.53 Å². The van der Waals surface area contributed by atoms with E-state index < -0.39 is 10.9 Å². The molecule has 2 rings (SSSR count). The van der Waals surface area contributed by atoms with Gasteiger partial charge in [0.05, 0.1) is 11.5 Å². The van der Waals surface area contributed by atoms with Crippen molar-refractivity contribution >= 4 is 28.6 Å². The third-order valence-corrected chi connectivity index (χ3v) is 2.82. The van der Waals surface area contributed by atoms with Gasteiger partial charge in [-0.2, -0.15) is 5.26 Å². The van der Waals surface area contributed by atoms with Crippen molar-refractivity contribution in [1.29, 1.82) is 5.26 Å². The Morgan fingerprint density at radius 3 is 2.95 bits per heavy atom. The highest BCUT2D eigenvalue weighted by molar-refractivity contribution is 6.01. The Hall–Kier alpha value is -3.14. The van der Waals surface area contributed by atoms with Gasteiger partial charge in [-0.05, 0) is 19.1 Å². The smallest absolute Gasteiger partial charge is 0.348 e. The number of nitro groups is 1. The Bertz CT molecular complexity index is 783. The summed E-state index contributed by atoms with van der Waals surface area (Å²) in [5.74, 6) is -0.722. The Balaban J connectivity index is 2.51. The van der Waals surface area contributed by atoms with Gasteiger partial charge >= 0.3 is 5.97 Å². The molecule has 1 heterocycles. The van der Waals surface area contributed by atoms with E-state index in [-0.39, 0.29) is 17.9 Å². The van der Waals surface area contributed by atoms with Crippen LogP contribution >= 0.6 is 0 Å². The van der Waals surface area contributed by atoms with Crippen LogP contribution in [0, 0.1) is 21.4 Å². The van der Waals surface area contributed by atoms with Crippen molar-refractivity contribution < 1.29 is 14.5 Å². The normalized spacial score (nSPS) is 11.1. The van der Waals surface area contributed by atoms with Gasteiger partial charge in [-0.1, -0.05) is 0 Å². The molecule has 106 valence electrons. The number of H-pyrrole nitrogens is 1. The Labute approximate surface area is 119 Å². The first kappa shape index (κ1) is 14.3. The fourth-order valence-corrected chi connectivity index (χ4v) is 1.86. The van der Waals surface area contributed by atoms with E-state index in [0.717, 1.165) is 0 Å². The number of carbonyl (C=O) groups is 1. The van der Waals surface area contributed by atoms with Crippen LogP contribution in [0.25, 0.3) is 17.0 Å². The number of aromatic nitrogens is 1. The van der Waals surface area contributed by atoms with Crippen LogP contribution in [0.5, 0.6) is 0 Å². The molecule has 0 aliphatic carbocycles. The first-order chi connectivity index (χ1) is 10.1. The Morgan fingerprint density at radius 2 is 2.33 bits per heavy atom. The van der Waals surface area contributed by atoms with Crippen LogP contribution in [0.3, 0.4) is 0 Å². The fraction of sp³-hybridized carbons (Fsp3) is 0.143. The molecule has 21 heavy (non-hydrogen) atoms. The van der Waals surface area contributed by atoms with E-state index in [1.165, 1.54) is 18.2 Å². The molecule has 0 aliphatic heterocycles. The van der Waals surface area contributed by atoms with E-state index in [9.17, 15) is 14.9 Å². The lowest BCUT2D eigenvalue weighted by Crippen LogP contribution is -2.05. The molecule has 0 bridgehead atoms. The van der Waals surface area contributed by atoms with Gasteiger partial charge in [0.2, 0.25) is 0 Å². The first-order valence-corrected chi connectivity index (χ1v) is 6.11. The van der Waals surface area contributed by atoms with E-state index >= 15 is 0 Å². The van der Waals surface area contributed by atoms with Gasteiger partial charge in [0, 0.05) is 34.8 Å². The zero-order chi connectivity index (χ0) is 15.4. The molecule has 0 radical (unpaired) electrons. The number of fused-ring (bicyclic) bond motifs is 1. The molecule has 0 fully saturated rings. The largest absolute Gasteiger partial charge is 0.462 e. The number of aromatic amines is 1. The van der Waals surface area contributed by atoms with Crippen LogP contribution in [-0.4, -0.2) is 22.5 Å². The van der Waals surface area contributed by atoms with E-state index in [1.807, 2.05) is 0 Å². The highest BCUT2D eigenvalue weighted by atomic mass is 16.6. The molecule has 1 aromatic heterocycles. The minimum absolute atomic E-state index is 0.0635. The van der Waals surface area contributed by atoms with Gasteiger partial charge in [0.1, 0.15) is 11.6 Å². The highest BCUT2D eigenvalue weighted by Gasteiger charge is 2.13. The summed E-state index contributed by atoms with van der Waals surface area (Å²) in [4.78, 5) is 24.8. The molecule has 7 nitrogen and oxygen atoms in total. The minimum Gasteiger partial charge on any atom is -0.462 e. The molecule has 0 saturated heterocycles. The summed E-state index contributed by atoms with van der Waals surface area (Å²) in [6.45, 7) is 1.80. The van der Waals surface area contributed by atoms with Crippen LogP contribution in [0.2, 0.25) is 0 Å². The summed E-state index contributed by atoms with van der Waals surface area (Å²) in [5.41, 5.74) is 0.960. The molecule has 0 atom stereocenters. The number of nitriles is 1. The molecule has 1 aromatic carbocycles. The summed E-state index contributed by atoms with van der Waals surface area (Å²) in [6, 6.07) is 6.10. The van der Waals surface area contributed by atoms with Gasteiger partial charge in [-0.15, -0.1) is 0 Å². The van der Waals surface area contributed by atoms with Crippen molar-refractivity contribution in [1.82, 2.24) is 4.98 Å². The number of hydrogen-bond donors (Lipinski definition) is 1. The Kier molecular flexibility index (Phi) is 4.00. The average molecular weight is 285 g/mol. The number of carbonyl (C=O) groups excluding carboxylic acids is 1. The molecule has 0 unspecified atom stereocenters. The molecule has 0 saturated carbocycles. The van der Waals surface area contributed by atoms with Crippen LogP contribution in [0.1, 0.15) is 12.5 Å². The molecule has 0 aliphatic rings. The van der Waals surface area contributed by atoms with Crippen LogP contribution < -0.4 is 0 Å². The van der Waals surface area contributed by atoms with Gasteiger partial charge in [0.15, 0.2) is 0 Å². The van der Waals surface area contributed by atoms with Crippen molar-refractivity contribution in [3.05, 3.63) is 45.6 Å². The maximum absolute atomic E-state index is 11.6. The number of rotatable bonds is 4. The number of nitrogens with one attached hydrogen (secondary N) is 1. The zero-order valence-corrected chi connectivity index (χ0v) is 11.1. The minimum atomic E-state index is -0.722. The predicted octanol–water partition coefficient (Wildman–Crippen LogP) is 2.55. The summed E-state index contributed by atoms with van der Waals surface area (Å²) in [7, 11) is 0. The number of ether oxygens (including phenoxy) is 1. The lowest BCUT2D eigenvalue weighted by Gasteiger charge is -1.99. The van der Waals surface area contributed by atoms with Crippen molar-refractivity contribution in [3.63, 3.8) is 0 Å². The van der Waals surface area contributed by atoms with Gasteiger partial charge in [0.25, 0.3) is 5.69 Å². The maximum atomic E-state index is 11.6. The number of hydrogen-bond acceptors (Lipinski definition) is 5. The highest BCUT2D eigenvalue weighted by Crippen LogP contribution is 2.25. The number of nitrogens with zero attached hydrogens (tertiary/aromatic N) is 2. The van der Waals surface area contributed by atoms with Crippen molar-refractivity contribution in [2.45, 2.75) is 6.92 Å². The second-order valence-electron chi connectivity index (χ2n) is 4.12. The van der Waals surface area contributed by atoms with Gasteiger partial charge in [-0.3, -0.25) is 10.1 Å². The van der Waals surface area contributed by atoms with E-state index in [1.54, 1.807) is 25.3 Å². The quantitative estimate of drug-likeness (QED) is 0.305. The number of esters is 1. The topological polar surface area (TPSA) is 109 Å². The molecule has 7 heteroatoms. The molecule has 0 spiro atoms. The van der Waals surface area contributed by atoms with E-state index in [2.05, 4.69) is 4.98 Å². The molecule has 2 aromatic rings. The zero-order valence-electron chi connectivity index (χ0n) is 11.1. The molecule has 0 amide bonds. The van der Waals surface area contributed by atoms with Crippen molar-refractivity contribution in [2.24, 2.45) is 0 Å². The second-order valence-corrected chi connectivity index (χ2v) is 4.12. The summed E-state index contributed by atoms with van der Waals surface area (Å²) in [6.07, 6.45) is 2.92. The summed E-state index contributed by atoms with van der Waals surface area (Å²) in [5, 5.41) is 20.4. The molecular formula is C14H11N3O4.